The third-order valence-electron chi connectivity index (χ3n) is 3.89. The van der Waals surface area contributed by atoms with Crippen molar-refractivity contribution < 1.29 is 23.1 Å². The van der Waals surface area contributed by atoms with Crippen molar-refractivity contribution in [3.8, 4) is 0 Å². The third kappa shape index (κ3) is 4.09. The number of ether oxygens (including phenoxy) is 1. The van der Waals surface area contributed by atoms with Crippen LogP contribution < -0.4 is 9.62 Å². The summed E-state index contributed by atoms with van der Waals surface area (Å²) in [6.07, 6.45) is 0. The van der Waals surface area contributed by atoms with Gasteiger partial charge in [0.05, 0.1) is 29.4 Å². The van der Waals surface area contributed by atoms with E-state index in [1.807, 2.05) is 6.07 Å². The number of carbonyl (C=O) groups is 1. The van der Waals surface area contributed by atoms with Gasteiger partial charge in [-0.1, -0.05) is 6.07 Å². The van der Waals surface area contributed by atoms with E-state index in [4.69, 9.17) is 9.84 Å². The summed E-state index contributed by atoms with van der Waals surface area (Å²) in [5, 5.41) is 8.89. The van der Waals surface area contributed by atoms with Crippen molar-refractivity contribution >= 4 is 27.4 Å². The first-order valence-corrected chi connectivity index (χ1v) is 9.23. The minimum Gasteiger partial charge on any atom is -0.478 e. The Morgan fingerprint density at radius 2 is 1.76 bits per heavy atom. The highest BCUT2D eigenvalue weighted by Crippen LogP contribution is 2.23. The van der Waals surface area contributed by atoms with E-state index in [0.29, 0.717) is 18.9 Å². The second-order valence-electron chi connectivity index (χ2n) is 5.58. The number of hydrogen-bond acceptors (Lipinski definition) is 5. The zero-order chi connectivity index (χ0) is 17.9. The Labute approximate surface area is 145 Å². The van der Waals surface area contributed by atoms with Crippen molar-refractivity contribution in [3.63, 3.8) is 0 Å². The Hall–Kier alpha value is -2.58. The maximum atomic E-state index is 12.5. The molecule has 1 saturated heterocycles. The summed E-state index contributed by atoms with van der Waals surface area (Å²) < 4.78 is 32.8. The van der Waals surface area contributed by atoms with E-state index in [2.05, 4.69) is 9.62 Å². The van der Waals surface area contributed by atoms with E-state index in [1.165, 1.54) is 24.3 Å². The Morgan fingerprint density at radius 1 is 1.08 bits per heavy atom. The lowest BCUT2D eigenvalue weighted by Gasteiger charge is -2.29. The van der Waals surface area contributed by atoms with Gasteiger partial charge in [0.2, 0.25) is 0 Å². The van der Waals surface area contributed by atoms with Gasteiger partial charge in [0.15, 0.2) is 0 Å². The fourth-order valence-corrected chi connectivity index (χ4v) is 3.63. The van der Waals surface area contributed by atoms with Gasteiger partial charge in [-0.15, -0.1) is 0 Å². The molecule has 25 heavy (non-hydrogen) atoms. The van der Waals surface area contributed by atoms with Crippen LogP contribution in [0, 0.1) is 0 Å². The molecule has 0 radical (unpaired) electrons. The predicted octanol–water partition coefficient (Wildman–Crippen LogP) is 2.02. The summed E-state index contributed by atoms with van der Waals surface area (Å²) in [4.78, 5) is 13.0. The third-order valence-corrected chi connectivity index (χ3v) is 5.28. The zero-order valence-electron chi connectivity index (χ0n) is 13.4. The largest absolute Gasteiger partial charge is 0.478 e. The fourth-order valence-electron chi connectivity index (χ4n) is 2.58. The Morgan fingerprint density at radius 3 is 2.40 bits per heavy atom. The van der Waals surface area contributed by atoms with E-state index in [9.17, 15) is 13.2 Å². The van der Waals surface area contributed by atoms with Crippen LogP contribution in [0.15, 0.2) is 53.4 Å². The Kier molecular flexibility index (Phi) is 4.91. The number of carboxylic acids is 1. The molecule has 0 unspecified atom stereocenters. The molecule has 0 aliphatic carbocycles. The molecule has 0 saturated carbocycles. The zero-order valence-corrected chi connectivity index (χ0v) is 14.2. The molecule has 3 rings (SSSR count). The first-order chi connectivity index (χ1) is 12.0. The van der Waals surface area contributed by atoms with Crippen LogP contribution in [0.1, 0.15) is 10.4 Å². The van der Waals surface area contributed by atoms with E-state index in [1.54, 1.807) is 18.2 Å². The van der Waals surface area contributed by atoms with Crippen LogP contribution in [0.5, 0.6) is 0 Å². The molecule has 1 fully saturated rings. The van der Waals surface area contributed by atoms with Gasteiger partial charge in [-0.05, 0) is 42.5 Å². The normalized spacial score (nSPS) is 15.0. The average Bonchev–Trinajstić information content (AvgIpc) is 2.62. The minimum atomic E-state index is -3.79. The quantitative estimate of drug-likeness (QED) is 0.845. The molecular formula is C17H18N2O5S. The lowest BCUT2D eigenvalue weighted by atomic mass is 10.2. The molecular weight excluding hydrogens is 344 g/mol. The highest BCUT2D eigenvalue weighted by atomic mass is 32.2. The SMILES string of the molecule is O=C(O)c1ccc(S(=O)(=O)Nc2cccc(N3CCOCC3)c2)cc1. The number of carboxylic acid groups (broad SMARTS) is 1. The molecule has 0 amide bonds. The maximum Gasteiger partial charge on any atom is 0.335 e. The average molecular weight is 362 g/mol. The molecule has 0 atom stereocenters. The van der Waals surface area contributed by atoms with Crippen molar-refractivity contribution in [3.05, 3.63) is 54.1 Å². The number of nitrogens with zero attached hydrogens (tertiary/aromatic N) is 1. The van der Waals surface area contributed by atoms with Gasteiger partial charge in [0.1, 0.15) is 0 Å². The summed E-state index contributed by atoms with van der Waals surface area (Å²) in [5.41, 5.74) is 1.41. The number of rotatable bonds is 5. The molecule has 1 aliphatic heterocycles. The van der Waals surface area contributed by atoms with Crippen molar-refractivity contribution in [2.45, 2.75) is 4.90 Å². The highest BCUT2D eigenvalue weighted by Gasteiger charge is 2.16. The lowest BCUT2D eigenvalue weighted by molar-refractivity contribution is 0.0696. The number of nitrogens with one attached hydrogen (secondary N) is 1. The summed E-state index contributed by atoms with van der Waals surface area (Å²) in [6, 6.07) is 12.2. The van der Waals surface area contributed by atoms with Gasteiger partial charge in [0.25, 0.3) is 10.0 Å². The van der Waals surface area contributed by atoms with Crippen LogP contribution in [-0.2, 0) is 14.8 Å². The molecule has 1 aliphatic rings. The van der Waals surface area contributed by atoms with Crippen LogP contribution in [0.2, 0.25) is 0 Å². The highest BCUT2D eigenvalue weighted by molar-refractivity contribution is 7.92. The second-order valence-corrected chi connectivity index (χ2v) is 7.27. The summed E-state index contributed by atoms with van der Waals surface area (Å²) >= 11 is 0. The number of sulfonamides is 1. The molecule has 2 N–H and O–H groups in total. The van der Waals surface area contributed by atoms with Crippen LogP contribution in [0.4, 0.5) is 11.4 Å². The van der Waals surface area contributed by atoms with Gasteiger partial charge in [0, 0.05) is 18.8 Å². The second kappa shape index (κ2) is 7.12. The van der Waals surface area contributed by atoms with Crippen molar-refractivity contribution in [2.24, 2.45) is 0 Å². The predicted molar refractivity (Wildman–Crippen MR) is 93.7 cm³/mol. The first kappa shape index (κ1) is 17.2. The van der Waals surface area contributed by atoms with E-state index < -0.39 is 16.0 Å². The van der Waals surface area contributed by atoms with E-state index in [0.717, 1.165) is 18.8 Å². The number of morpholine rings is 1. The maximum absolute atomic E-state index is 12.5. The summed E-state index contributed by atoms with van der Waals surface area (Å²) in [7, 11) is -3.79. The van der Waals surface area contributed by atoms with E-state index in [-0.39, 0.29) is 10.5 Å². The fraction of sp³-hybridized carbons (Fsp3) is 0.235. The number of benzene rings is 2. The first-order valence-electron chi connectivity index (χ1n) is 7.75. The Bertz CT molecular complexity index is 859. The Balaban J connectivity index is 1.79. The van der Waals surface area contributed by atoms with Crippen LogP contribution >= 0.6 is 0 Å². The number of anilines is 2. The molecule has 7 nitrogen and oxygen atoms in total. The topological polar surface area (TPSA) is 95.9 Å². The number of aromatic carboxylic acids is 1. The monoisotopic (exact) mass is 362 g/mol. The van der Waals surface area contributed by atoms with Gasteiger partial charge < -0.3 is 14.7 Å². The van der Waals surface area contributed by atoms with Crippen molar-refractivity contribution in [1.82, 2.24) is 0 Å². The molecule has 2 aromatic carbocycles. The standard InChI is InChI=1S/C17H18N2O5S/c20-17(21)13-4-6-16(7-5-13)25(22,23)18-14-2-1-3-15(12-14)19-8-10-24-11-9-19/h1-7,12,18H,8-11H2,(H,20,21). The van der Waals surface area contributed by atoms with Crippen LogP contribution in [0.3, 0.4) is 0 Å². The van der Waals surface area contributed by atoms with Gasteiger partial charge in [-0.2, -0.15) is 0 Å². The molecule has 132 valence electrons. The molecule has 0 spiro atoms. The summed E-state index contributed by atoms with van der Waals surface area (Å²) in [5.74, 6) is -1.10. The smallest absolute Gasteiger partial charge is 0.335 e. The van der Waals surface area contributed by atoms with Gasteiger partial charge in [-0.25, -0.2) is 13.2 Å². The van der Waals surface area contributed by atoms with Gasteiger partial charge >= 0.3 is 5.97 Å². The van der Waals surface area contributed by atoms with Gasteiger partial charge in [-0.3, -0.25) is 4.72 Å². The van der Waals surface area contributed by atoms with Crippen molar-refractivity contribution in [1.29, 1.82) is 0 Å². The van der Waals surface area contributed by atoms with Crippen molar-refractivity contribution in [2.75, 3.05) is 35.9 Å². The molecule has 0 aromatic heterocycles. The number of hydrogen-bond donors (Lipinski definition) is 2. The van der Waals surface area contributed by atoms with Crippen LogP contribution in [0.25, 0.3) is 0 Å². The minimum absolute atomic E-state index is 0.00859. The van der Waals surface area contributed by atoms with E-state index >= 15 is 0 Å². The lowest BCUT2D eigenvalue weighted by Crippen LogP contribution is -2.36. The molecule has 0 bridgehead atoms. The summed E-state index contributed by atoms with van der Waals surface area (Å²) in [6.45, 7) is 2.80. The molecule has 8 heteroatoms. The molecule has 1 heterocycles. The van der Waals surface area contributed by atoms with Crippen LogP contribution in [-0.4, -0.2) is 45.8 Å². The molecule has 2 aromatic rings.